The van der Waals surface area contributed by atoms with Crippen LogP contribution in [0.5, 0.6) is 0 Å². The van der Waals surface area contributed by atoms with Crippen LogP contribution in [0.3, 0.4) is 0 Å². The zero-order chi connectivity index (χ0) is 14.6. The van der Waals surface area contributed by atoms with Gasteiger partial charge in [-0.25, -0.2) is 4.79 Å². The molecule has 1 aromatic rings. The minimum absolute atomic E-state index is 0.265. The van der Waals surface area contributed by atoms with Gasteiger partial charge in [-0.2, -0.15) is 0 Å². The number of nitrogen functional groups attached to an aromatic ring is 1. The van der Waals surface area contributed by atoms with Crippen LogP contribution < -0.4 is 11.1 Å². The van der Waals surface area contributed by atoms with Crippen LogP contribution in [-0.2, 0) is 9.53 Å². The van der Waals surface area contributed by atoms with E-state index >= 15 is 0 Å². The highest BCUT2D eigenvalue weighted by Gasteiger charge is 2.38. The molecule has 0 saturated carbocycles. The van der Waals surface area contributed by atoms with E-state index in [9.17, 15) is 4.79 Å². The monoisotopic (exact) mass is 272 g/mol. The summed E-state index contributed by atoms with van der Waals surface area (Å²) in [5.41, 5.74) is 7.89. The molecule has 3 N–H and O–H groups in total. The van der Waals surface area contributed by atoms with E-state index < -0.39 is 5.54 Å². The number of carbonyl (C=O) groups excluding carboxylic acids is 1. The number of allylic oxidation sites excluding steroid dienone is 2. The summed E-state index contributed by atoms with van der Waals surface area (Å²) in [6.45, 7) is 2.17. The van der Waals surface area contributed by atoms with E-state index in [0.29, 0.717) is 18.7 Å². The number of esters is 1. The number of nitrogens with one attached hydrogen (secondary N) is 1. The van der Waals surface area contributed by atoms with E-state index in [2.05, 4.69) is 5.32 Å². The maximum Gasteiger partial charge on any atom is 0.330 e. The van der Waals surface area contributed by atoms with Crippen LogP contribution in [0.15, 0.2) is 42.5 Å². The van der Waals surface area contributed by atoms with E-state index in [0.717, 1.165) is 11.1 Å². The Morgan fingerprint density at radius 3 is 2.85 bits per heavy atom. The van der Waals surface area contributed by atoms with Gasteiger partial charge in [-0.15, -0.1) is 0 Å². The lowest BCUT2D eigenvalue weighted by Crippen LogP contribution is -2.50. The number of ether oxygens (including phenoxy) is 1. The van der Waals surface area contributed by atoms with Crippen molar-refractivity contribution in [2.75, 3.05) is 19.4 Å². The molecule has 0 amide bonds. The number of carbonyl (C=O) groups is 1. The first-order valence-electron chi connectivity index (χ1n) is 6.72. The fourth-order valence-electron chi connectivity index (χ4n) is 2.40. The summed E-state index contributed by atoms with van der Waals surface area (Å²) in [5.74, 6) is -0.265. The number of hydrogen-bond donors (Lipinski definition) is 2. The third-order valence-electron chi connectivity index (χ3n) is 3.54. The summed E-state index contributed by atoms with van der Waals surface area (Å²) in [6.07, 6.45) is 6.22. The summed E-state index contributed by atoms with van der Waals surface area (Å²) in [6, 6.07) is 7.66. The average Bonchev–Trinajstić information content (AvgIpc) is 2.48. The SMILES string of the molecule is CCOC(=O)C1(NC)C=CC=C(c2ccccc2N)C1. The van der Waals surface area contributed by atoms with Gasteiger partial charge in [0.15, 0.2) is 0 Å². The zero-order valence-electron chi connectivity index (χ0n) is 11.8. The highest BCUT2D eigenvalue weighted by Crippen LogP contribution is 2.33. The standard InChI is InChI=1S/C16H20N2O2/c1-3-20-15(19)16(18-2)10-6-7-12(11-16)13-8-4-5-9-14(13)17/h4-10,18H,3,11,17H2,1-2H3. The van der Waals surface area contributed by atoms with Crippen LogP contribution in [0.25, 0.3) is 5.57 Å². The van der Waals surface area contributed by atoms with Crippen LogP contribution in [0.4, 0.5) is 5.69 Å². The molecule has 1 aromatic carbocycles. The van der Waals surface area contributed by atoms with Gasteiger partial charge >= 0.3 is 5.97 Å². The Kier molecular flexibility index (Phi) is 4.25. The second-order valence-electron chi connectivity index (χ2n) is 4.76. The van der Waals surface area contributed by atoms with Crippen molar-refractivity contribution in [3.8, 4) is 0 Å². The lowest BCUT2D eigenvalue weighted by atomic mass is 9.83. The fourth-order valence-corrected chi connectivity index (χ4v) is 2.40. The summed E-state index contributed by atoms with van der Waals surface area (Å²) in [4.78, 5) is 12.2. The van der Waals surface area contributed by atoms with Crippen molar-refractivity contribution in [2.24, 2.45) is 0 Å². The Bertz CT molecular complexity index is 563. The molecule has 4 nitrogen and oxygen atoms in total. The Hall–Kier alpha value is -2.07. The highest BCUT2D eigenvalue weighted by atomic mass is 16.5. The first-order chi connectivity index (χ1) is 9.63. The number of rotatable bonds is 4. The minimum atomic E-state index is -0.817. The summed E-state index contributed by atoms with van der Waals surface area (Å²) in [7, 11) is 1.76. The molecule has 0 aliphatic heterocycles. The second-order valence-corrected chi connectivity index (χ2v) is 4.76. The van der Waals surface area contributed by atoms with Gasteiger partial charge in [0.1, 0.15) is 5.54 Å². The molecular formula is C16H20N2O2. The normalized spacial score (nSPS) is 21.4. The maximum absolute atomic E-state index is 12.2. The summed E-state index contributed by atoms with van der Waals surface area (Å²) >= 11 is 0. The second kappa shape index (κ2) is 5.92. The third kappa shape index (κ3) is 2.60. The topological polar surface area (TPSA) is 64.3 Å². The molecular weight excluding hydrogens is 252 g/mol. The molecule has 20 heavy (non-hydrogen) atoms. The number of hydrogen-bond acceptors (Lipinski definition) is 4. The smallest absolute Gasteiger partial charge is 0.330 e. The van der Waals surface area contributed by atoms with Crippen molar-refractivity contribution in [3.63, 3.8) is 0 Å². The molecule has 0 bridgehead atoms. The predicted octanol–water partition coefficient (Wildman–Crippen LogP) is 2.13. The number of benzene rings is 1. The van der Waals surface area contributed by atoms with Crippen LogP contribution in [0, 0.1) is 0 Å². The largest absolute Gasteiger partial charge is 0.464 e. The molecule has 2 rings (SSSR count). The Balaban J connectivity index is 2.32. The quantitative estimate of drug-likeness (QED) is 0.651. The Morgan fingerprint density at radius 1 is 1.45 bits per heavy atom. The van der Waals surface area contributed by atoms with Crippen molar-refractivity contribution < 1.29 is 9.53 Å². The van der Waals surface area contributed by atoms with Crippen molar-refractivity contribution in [1.29, 1.82) is 0 Å². The van der Waals surface area contributed by atoms with Gasteiger partial charge in [0.2, 0.25) is 0 Å². The van der Waals surface area contributed by atoms with Crippen molar-refractivity contribution in [2.45, 2.75) is 18.9 Å². The lowest BCUT2D eigenvalue weighted by molar-refractivity contribution is -0.148. The predicted molar refractivity (Wildman–Crippen MR) is 81.0 cm³/mol. The molecule has 4 heteroatoms. The Labute approximate surface area is 119 Å². The number of para-hydroxylation sites is 1. The first-order valence-corrected chi connectivity index (χ1v) is 6.72. The molecule has 1 atom stereocenters. The summed E-state index contributed by atoms with van der Waals surface area (Å²) in [5, 5.41) is 3.08. The molecule has 1 aliphatic carbocycles. The average molecular weight is 272 g/mol. The molecule has 106 valence electrons. The van der Waals surface area contributed by atoms with E-state index in [1.54, 1.807) is 14.0 Å². The molecule has 0 saturated heterocycles. The van der Waals surface area contributed by atoms with Gasteiger partial charge in [-0.05, 0) is 25.6 Å². The highest BCUT2D eigenvalue weighted by molar-refractivity contribution is 5.89. The minimum Gasteiger partial charge on any atom is -0.464 e. The van der Waals surface area contributed by atoms with E-state index in [4.69, 9.17) is 10.5 Å². The van der Waals surface area contributed by atoms with Crippen molar-refractivity contribution in [1.82, 2.24) is 5.32 Å². The molecule has 1 aliphatic rings. The van der Waals surface area contributed by atoms with Crippen LogP contribution in [-0.4, -0.2) is 25.2 Å². The van der Waals surface area contributed by atoms with E-state index in [1.165, 1.54) is 0 Å². The molecule has 0 aromatic heterocycles. The van der Waals surface area contributed by atoms with Crippen molar-refractivity contribution in [3.05, 3.63) is 48.1 Å². The van der Waals surface area contributed by atoms with Crippen LogP contribution in [0.1, 0.15) is 18.9 Å². The van der Waals surface area contributed by atoms with Gasteiger partial charge < -0.3 is 15.8 Å². The van der Waals surface area contributed by atoms with Gasteiger partial charge in [0, 0.05) is 17.7 Å². The van der Waals surface area contributed by atoms with Crippen LogP contribution >= 0.6 is 0 Å². The fraction of sp³-hybridized carbons (Fsp3) is 0.312. The number of likely N-dealkylation sites (N-methyl/N-ethyl adjacent to an activating group) is 1. The van der Waals surface area contributed by atoms with Gasteiger partial charge in [0.25, 0.3) is 0 Å². The zero-order valence-corrected chi connectivity index (χ0v) is 11.8. The Morgan fingerprint density at radius 2 is 2.20 bits per heavy atom. The third-order valence-corrected chi connectivity index (χ3v) is 3.54. The first kappa shape index (κ1) is 14.3. The van der Waals surface area contributed by atoms with E-state index in [1.807, 2.05) is 42.5 Å². The van der Waals surface area contributed by atoms with Gasteiger partial charge in [0.05, 0.1) is 6.61 Å². The number of anilines is 1. The molecule has 1 unspecified atom stereocenters. The van der Waals surface area contributed by atoms with Gasteiger partial charge in [-0.3, -0.25) is 0 Å². The van der Waals surface area contributed by atoms with Gasteiger partial charge in [-0.1, -0.05) is 36.4 Å². The molecule has 0 heterocycles. The maximum atomic E-state index is 12.2. The molecule has 0 radical (unpaired) electrons. The summed E-state index contributed by atoms with van der Waals surface area (Å²) < 4.78 is 5.18. The van der Waals surface area contributed by atoms with E-state index in [-0.39, 0.29) is 5.97 Å². The lowest BCUT2D eigenvalue weighted by Gasteiger charge is -2.31. The van der Waals surface area contributed by atoms with Crippen molar-refractivity contribution >= 4 is 17.2 Å². The molecule has 0 spiro atoms. The molecule has 0 fully saturated rings. The van der Waals surface area contributed by atoms with Crippen LogP contribution in [0.2, 0.25) is 0 Å². The number of nitrogens with two attached hydrogens (primary N) is 1.